The van der Waals surface area contributed by atoms with Crippen LogP contribution < -0.4 is 0 Å². The van der Waals surface area contributed by atoms with Gasteiger partial charge in [0.1, 0.15) is 0 Å². The predicted molar refractivity (Wildman–Crippen MR) is 11.7 cm³/mol. The van der Waals surface area contributed by atoms with E-state index in [-0.39, 0.29) is 21.1 Å². The second-order valence-corrected chi connectivity index (χ2v) is 3.33. The van der Waals surface area contributed by atoms with E-state index in [0.29, 0.717) is 0 Å². The van der Waals surface area contributed by atoms with Gasteiger partial charge in [-0.05, 0) is 0 Å². The summed E-state index contributed by atoms with van der Waals surface area (Å²) in [7, 11) is 9.75. The average molecular weight is 461 g/mol. The fraction of sp³-hybridized carbons (Fsp3) is 0. The van der Waals surface area contributed by atoms with Crippen molar-refractivity contribution in [2.75, 3.05) is 0 Å². The molecule has 0 atom stereocenters. The molecule has 0 aromatic heterocycles. The van der Waals surface area contributed by atoms with Crippen LogP contribution in [0.1, 0.15) is 0 Å². The van der Waals surface area contributed by atoms with Crippen molar-refractivity contribution in [1.82, 2.24) is 0 Å². The van der Waals surface area contributed by atoms with E-state index in [0.717, 1.165) is 0 Å². The fourth-order valence-corrected chi connectivity index (χ4v) is 0. The Morgan fingerprint density at radius 2 is 1.25 bits per heavy atom. The van der Waals surface area contributed by atoms with Crippen molar-refractivity contribution in [1.29, 1.82) is 0 Å². The normalized spacial score (nSPS) is 5.50. The second-order valence-electron chi connectivity index (χ2n) is 0.0452. The van der Waals surface area contributed by atoms with Crippen LogP contribution in [0.15, 0.2) is 0 Å². The zero-order chi connectivity index (χ0) is 2.71. The van der Waals surface area contributed by atoms with Crippen LogP contribution in [0, 0.1) is 0 Å². The molecule has 34 valence electrons. The third-order valence-corrected chi connectivity index (χ3v) is 0. The molecule has 0 amide bonds. The molecule has 0 nitrogen and oxygen atoms in total. The van der Waals surface area contributed by atoms with Crippen molar-refractivity contribution in [3.8, 4) is 0 Å². The maximum atomic E-state index is 4.88. The molecule has 0 rings (SSSR count). The Balaban J connectivity index is 0. The molecule has 0 aliphatic carbocycles. The van der Waals surface area contributed by atoms with Crippen molar-refractivity contribution in [2.45, 2.75) is 0 Å². The third kappa shape index (κ3) is 9.03. The summed E-state index contributed by atoms with van der Waals surface area (Å²) in [6.07, 6.45) is 0. The fourth-order valence-electron chi connectivity index (χ4n) is 0. The maximum absolute atomic E-state index is 4.88. The minimum Gasteiger partial charge on any atom is 0 e. The van der Waals surface area contributed by atoms with Crippen LogP contribution >= 0.6 is 18.8 Å². The zero-order valence-electron chi connectivity index (χ0n) is 1.39. The van der Waals surface area contributed by atoms with Crippen molar-refractivity contribution in [3.05, 3.63) is 0 Å². The van der Waals surface area contributed by atoms with Crippen LogP contribution in [0.5, 0.6) is 0 Å². The Kier molecular flexibility index (Phi) is 20.7. The maximum Gasteiger partial charge on any atom is 0 e. The third-order valence-electron chi connectivity index (χ3n) is 0. The van der Waals surface area contributed by atoms with E-state index >= 15 is 0 Å². The molecule has 0 aromatic rings. The first kappa shape index (κ1) is 9.35. The Hall–Kier alpha value is 1.96. The molecule has 0 saturated carbocycles. The smallest absolute Gasteiger partial charge is 0 e. The van der Waals surface area contributed by atoms with Crippen molar-refractivity contribution < 1.29 is 37.5 Å². The quantitative estimate of drug-likeness (QED) is 0.512. The van der Waals surface area contributed by atoms with Gasteiger partial charge in [-0.3, -0.25) is 0 Å². The van der Waals surface area contributed by atoms with Crippen molar-refractivity contribution in [3.63, 3.8) is 0 Å². The molecular formula is Cl2Pt2. The molecule has 0 unspecified atom stereocenters. The summed E-state index contributed by atoms with van der Waals surface area (Å²) in [5, 5.41) is 0. The number of halogens is 2. The number of rotatable bonds is 0. The minimum absolute atomic E-state index is 0. The Labute approximate surface area is 55.9 Å². The van der Waals surface area contributed by atoms with Crippen LogP contribution in [0.4, 0.5) is 0 Å². The number of hydrogen-bond acceptors (Lipinski definition) is 0. The van der Waals surface area contributed by atoms with Crippen molar-refractivity contribution in [2.24, 2.45) is 0 Å². The molecule has 0 aliphatic heterocycles. The molecule has 0 aliphatic rings. The Morgan fingerprint density at radius 1 is 1.25 bits per heavy atom. The molecule has 0 heterocycles. The van der Waals surface area contributed by atoms with Gasteiger partial charge in [-0.25, -0.2) is 0 Å². The van der Waals surface area contributed by atoms with Crippen molar-refractivity contribution >= 4 is 18.8 Å². The summed E-state index contributed by atoms with van der Waals surface area (Å²) in [6.45, 7) is 0. The van der Waals surface area contributed by atoms with Gasteiger partial charge in [0.05, 0.1) is 0 Å². The van der Waals surface area contributed by atoms with E-state index in [1.54, 1.807) is 0 Å². The van der Waals surface area contributed by atoms with Gasteiger partial charge in [0, 0.05) is 21.1 Å². The minimum atomic E-state index is -0.472. The van der Waals surface area contributed by atoms with Crippen LogP contribution in [0.3, 0.4) is 0 Å². The Bertz CT molecular complexity index is 4.00. The topological polar surface area (TPSA) is 0 Å². The SMILES string of the molecule is [Cl][Pt][Cl].[Pt]. The van der Waals surface area contributed by atoms with E-state index < -0.39 is 16.5 Å². The first-order chi connectivity index (χ1) is 1.41. The first-order valence-corrected chi connectivity index (χ1v) is 5.87. The van der Waals surface area contributed by atoms with Gasteiger partial charge in [0.15, 0.2) is 0 Å². The molecule has 0 radical (unpaired) electrons. The first-order valence-electron chi connectivity index (χ1n) is 0.239. The molecule has 4 heteroatoms. The molecule has 4 heavy (non-hydrogen) atoms. The van der Waals surface area contributed by atoms with Gasteiger partial charge in [0.2, 0.25) is 0 Å². The predicted octanol–water partition coefficient (Wildman–Crippen LogP) is 1.37. The van der Waals surface area contributed by atoms with Gasteiger partial charge in [-0.1, -0.05) is 0 Å². The molecule has 0 aromatic carbocycles. The van der Waals surface area contributed by atoms with Crippen LogP contribution in [0.25, 0.3) is 0 Å². The van der Waals surface area contributed by atoms with E-state index in [4.69, 9.17) is 18.8 Å². The summed E-state index contributed by atoms with van der Waals surface area (Å²) in [5.41, 5.74) is 0. The van der Waals surface area contributed by atoms with Gasteiger partial charge in [0.25, 0.3) is 0 Å². The van der Waals surface area contributed by atoms with Gasteiger partial charge < -0.3 is 0 Å². The van der Waals surface area contributed by atoms with Crippen LogP contribution in [-0.2, 0) is 37.5 Å². The summed E-state index contributed by atoms with van der Waals surface area (Å²) in [5.74, 6) is 0. The second kappa shape index (κ2) is 8.88. The summed E-state index contributed by atoms with van der Waals surface area (Å²) in [4.78, 5) is 0. The summed E-state index contributed by atoms with van der Waals surface area (Å²) >= 11 is -0.472. The number of hydrogen-bond donors (Lipinski definition) is 0. The zero-order valence-corrected chi connectivity index (χ0v) is 7.44. The van der Waals surface area contributed by atoms with Crippen LogP contribution in [0.2, 0.25) is 0 Å². The van der Waals surface area contributed by atoms with Gasteiger partial charge in [-0.2, -0.15) is 0 Å². The molecule has 0 bridgehead atoms. The molecule has 0 fully saturated rings. The van der Waals surface area contributed by atoms with E-state index in [1.807, 2.05) is 0 Å². The van der Waals surface area contributed by atoms with Gasteiger partial charge in [-0.15, -0.1) is 0 Å². The molecule has 0 spiro atoms. The monoisotopic (exact) mass is 460 g/mol. The Morgan fingerprint density at radius 3 is 1.25 bits per heavy atom. The summed E-state index contributed by atoms with van der Waals surface area (Å²) in [6, 6.07) is 0. The molecule has 0 saturated heterocycles. The summed E-state index contributed by atoms with van der Waals surface area (Å²) < 4.78 is 0. The average Bonchev–Trinajstić information content (AvgIpc) is 0.918. The van der Waals surface area contributed by atoms with Crippen LogP contribution in [-0.4, -0.2) is 0 Å². The van der Waals surface area contributed by atoms with E-state index in [9.17, 15) is 0 Å². The van der Waals surface area contributed by atoms with Gasteiger partial charge >= 0.3 is 35.3 Å². The van der Waals surface area contributed by atoms with E-state index in [1.165, 1.54) is 0 Å². The largest absolute Gasteiger partial charge is 0 e. The standard InChI is InChI=1S/2ClH.2Pt/h2*1H;;/q;;;+2/p-2. The molecule has 0 N–H and O–H groups in total. The van der Waals surface area contributed by atoms with E-state index in [2.05, 4.69) is 0 Å². The molecular weight excluding hydrogens is 461 g/mol.